The topological polar surface area (TPSA) is 53.1 Å². The van der Waals surface area contributed by atoms with E-state index < -0.39 is 0 Å². The van der Waals surface area contributed by atoms with Crippen LogP contribution in [-0.2, 0) is 11.3 Å². The summed E-state index contributed by atoms with van der Waals surface area (Å²) in [6, 6.07) is 5.99. The molecule has 2 aromatic rings. The minimum Gasteiger partial charge on any atom is -0.399 e. The monoisotopic (exact) mass is 259 g/mol. The standard InChI is InChI=1S/C15H21N3O/c1-11-17-13-9-12(16)3-4-14(13)18(11)10-15(5-6-15)7-8-19-2/h3-4,9H,5-8,10,16H2,1-2H3. The number of nitrogens with zero attached hydrogens (tertiary/aromatic N) is 2. The molecule has 1 aromatic carbocycles. The summed E-state index contributed by atoms with van der Waals surface area (Å²) in [5.41, 5.74) is 9.21. The number of methoxy groups -OCH3 is 1. The average Bonchev–Trinajstić information content (AvgIpc) is 3.08. The largest absolute Gasteiger partial charge is 0.399 e. The Kier molecular flexibility index (Phi) is 2.97. The van der Waals surface area contributed by atoms with Crippen LogP contribution in [0, 0.1) is 12.3 Å². The maximum atomic E-state index is 5.82. The van der Waals surface area contributed by atoms with Crippen molar-refractivity contribution < 1.29 is 4.74 Å². The smallest absolute Gasteiger partial charge is 0.106 e. The van der Waals surface area contributed by atoms with Crippen LogP contribution in [0.15, 0.2) is 18.2 Å². The normalized spacial score (nSPS) is 16.9. The van der Waals surface area contributed by atoms with Crippen molar-refractivity contribution in [1.29, 1.82) is 0 Å². The van der Waals surface area contributed by atoms with E-state index in [1.807, 2.05) is 12.1 Å². The van der Waals surface area contributed by atoms with Gasteiger partial charge in [0.05, 0.1) is 11.0 Å². The number of nitrogen functional groups attached to an aromatic ring is 1. The summed E-state index contributed by atoms with van der Waals surface area (Å²) in [5.74, 6) is 1.07. The lowest BCUT2D eigenvalue weighted by Crippen LogP contribution is -2.15. The summed E-state index contributed by atoms with van der Waals surface area (Å²) in [5, 5.41) is 0. The van der Waals surface area contributed by atoms with E-state index >= 15 is 0 Å². The second kappa shape index (κ2) is 4.53. The highest BCUT2D eigenvalue weighted by molar-refractivity contribution is 5.79. The Morgan fingerprint density at radius 2 is 2.21 bits per heavy atom. The molecule has 1 aliphatic rings. The van der Waals surface area contributed by atoms with Crippen molar-refractivity contribution in [3.63, 3.8) is 0 Å². The molecule has 1 saturated carbocycles. The predicted molar refractivity (Wildman–Crippen MR) is 77.0 cm³/mol. The van der Waals surface area contributed by atoms with Gasteiger partial charge in [-0.25, -0.2) is 4.98 Å². The maximum absolute atomic E-state index is 5.82. The molecule has 1 fully saturated rings. The fourth-order valence-corrected chi connectivity index (χ4v) is 2.78. The second-order valence-corrected chi connectivity index (χ2v) is 5.74. The van der Waals surface area contributed by atoms with Crippen LogP contribution in [0.25, 0.3) is 11.0 Å². The Morgan fingerprint density at radius 1 is 1.42 bits per heavy atom. The zero-order valence-corrected chi connectivity index (χ0v) is 11.6. The number of anilines is 1. The van der Waals surface area contributed by atoms with Gasteiger partial charge in [-0.15, -0.1) is 0 Å². The quantitative estimate of drug-likeness (QED) is 0.840. The minimum atomic E-state index is 0.426. The lowest BCUT2D eigenvalue weighted by atomic mass is 10.0. The molecule has 102 valence electrons. The molecule has 0 bridgehead atoms. The molecule has 3 rings (SSSR count). The number of aryl methyl sites for hydroxylation is 1. The van der Waals surface area contributed by atoms with E-state index in [1.54, 1.807) is 7.11 Å². The molecule has 0 atom stereocenters. The van der Waals surface area contributed by atoms with Crippen molar-refractivity contribution in [1.82, 2.24) is 9.55 Å². The first-order chi connectivity index (χ1) is 9.13. The molecule has 1 aliphatic carbocycles. The summed E-state index contributed by atoms with van der Waals surface area (Å²) < 4.78 is 7.56. The molecule has 2 N–H and O–H groups in total. The van der Waals surface area contributed by atoms with E-state index in [-0.39, 0.29) is 0 Å². The van der Waals surface area contributed by atoms with Gasteiger partial charge in [0, 0.05) is 25.9 Å². The fraction of sp³-hybridized carbons (Fsp3) is 0.533. The fourth-order valence-electron chi connectivity index (χ4n) is 2.78. The Bertz CT molecular complexity index is 599. The first kappa shape index (κ1) is 12.5. The van der Waals surface area contributed by atoms with Crippen molar-refractivity contribution in [3.8, 4) is 0 Å². The summed E-state index contributed by atoms with van der Waals surface area (Å²) in [6.45, 7) is 3.96. The van der Waals surface area contributed by atoms with E-state index in [0.717, 1.165) is 36.6 Å². The summed E-state index contributed by atoms with van der Waals surface area (Å²) in [7, 11) is 1.77. The molecule has 1 heterocycles. The molecule has 0 radical (unpaired) electrons. The van der Waals surface area contributed by atoms with Gasteiger partial charge in [0.15, 0.2) is 0 Å². The molecular formula is C15H21N3O. The van der Waals surface area contributed by atoms with Gasteiger partial charge in [0.1, 0.15) is 5.82 Å². The van der Waals surface area contributed by atoms with Crippen LogP contribution in [0.3, 0.4) is 0 Å². The molecule has 19 heavy (non-hydrogen) atoms. The van der Waals surface area contributed by atoms with Crippen molar-refractivity contribution in [2.75, 3.05) is 19.5 Å². The Hall–Kier alpha value is -1.55. The van der Waals surface area contributed by atoms with Gasteiger partial charge in [-0.2, -0.15) is 0 Å². The van der Waals surface area contributed by atoms with Gasteiger partial charge in [-0.3, -0.25) is 0 Å². The molecule has 0 saturated heterocycles. The van der Waals surface area contributed by atoms with Crippen molar-refractivity contribution >= 4 is 16.7 Å². The van der Waals surface area contributed by atoms with E-state index in [1.165, 1.54) is 18.4 Å². The summed E-state index contributed by atoms with van der Waals surface area (Å²) in [4.78, 5) is 4.62. The number of imidazole rings is 1. The Balaban J connectivity index is 1.90. The van der Waals surface area contributed by atoms with Gasteiger partial charge < -0.3 is 15.0 Å². The van der Waals surface area contributed by atoms with Crippen LogP contribution in [0.4, 0.5) is 5.69 Å². The number of ether oxygens (including phenoxy) is 1. The number of aromatic nitrogens is 2. The number of nitrogens with two attached hydrogens (primary N) is 1. The van der Waals surface area contributed by atoms with Crippen LogP contribution in [0.5, 0.6) is 0 Å². The molecule has 1 aromatic heterocycles. The molecule has 0 amide bonds. The Labute approximate surface area is 113 Å². The van der Waals surface area contributed by atoms with Crippen LogP contribution < -0.4 is 5.73 Å². The lowest BCUT2D eigenvalue weighted by Gasteiger charge is -2.17. The first-order valence-electron chi connectivity index (χ1n) is 6.85. The van der Waals surface area contributed by atoms with Crippen molar-refractivity contribution in [3.05, 3.63) is 24.0 Å². The molecule has 0 unspecified atom stereocenters. The van der Waals surface area contributed by atoms with Gasteiger partial charge in [-0.05, 0) is 49.8 Å². The molecular weight excluding hydrogens is 238 g/mol. The number of hydrogen-bond donors (Lipinski definition) is 1. The Morgan fingerprint density at radius 3 is 2.89 bits per heavy atom. The minimum absolute atomic E-state index is 0.426. The third-order valence-electron chi connectivity index (χ3n) is 4.25. The third-order valence-corrected chi connectivity index (χ3v) is 4.25. The van der Waals surface area contributed by atoms with E-state index in [2.05, 4.69) is 22.5 Å². The molecule has 0 spiro atoms. The molecule has 4 heteroatoms. The number of rotatable bonds is 5. The van der Waals surface area contributed by atoms with Gasteiger partial charge in [0.2, 0.25) is 0 Å². The first-order valence-corrected chi connectivity index (χ1v) is 6.85. The van der Waals surface area contributed by atoms with Crippen molar-refractivity contribution in [2.45, 2.75) is 32.7 Å². The zero-order valence-electron chi connectivity index (χ0n) is 11.6. The number of hydrogen-bond acceptors (Lipinski definition) is 3. The highest BCUT2D eigenvalue weighted by Gasteiger charge is 2.42. The highest BCUT2D eigenvalue weighted by Crippen LogP contribution is 2.50. The average molecular weight is 259 g/mol. The maximum Gasteiger partial charge on any atom is 0.106 e. The van der Waals surface area contributed by atoms with Crippen LogP contribution in [0.2, 0.25) is 0 Å². The second-order valence-electron chi connectivity index (χ2n) is 5.74. The van der Waals surface area contributed by atoms with E-state index in [4.69, 9.17) is 10.5 Å². The van der Waals surface area contributed by atoms with E-state index in [9.17, 15) is 0 Å². The van der Waals surface area contributed by atoms with Gasteiger partial charge >= 0.3 is 0 Å². The van der Waals surface area contributed by atoms with Gasteiger partial charge in [-0.1, -0.05) is 0 Å². The van der Waals surface area contributed by atoms with Gasteiger partial charge in [0.25, 0.3) is 0 Å². The van der Waals surface area contributed by atoms with Crippen LogP contribution >= 0.6 is 0 Å². The van der Waals surface area contributed by atoms with Crippen molar-refractivity contribution in [2.24, 2.45) is 5.41 Å². The van der Waals surface area contributed by atoms with Crippen LogP contribution in [0.1, 0.15) is 25.1 Å². The summed E-state index contributed by atoms with van der Waals surface area (Å²) in [6.07, 6.45) is 3.73. The summed E-state index contributed by atoms with van der Waals surface area (Å²) >= 11 is 0. The highest BCUT2D eigenvalue weighted by atomic mass is 16.5. The molecule has 4 nitrogen and oxygen atoms in total. The number of fused-ring (bicyclic) bond motifs is 1. The van der Waals surface area contributed by atoms with Crippen LogP contribution in [-0.4, -0.2) is 23.3 Å². The predicted octanol–water partition coefficient (Wildman–Crippen LogP) is 2.74. The third kappa shape index (κ3) is 2.32. The SMILES string of the molecule is COCCC1(Cn2c(C)nc3cc(N)ccc32)CC1. The lowest BCUT2D eigenvalue weighted by molar-refractivity contribution is 0.167. The zero-order chi connectivity index (χ0) is 13.5. The number of benzene rings is 1. The molecule has 0 aliphatic heterocycles. The van der Waals surface area contributed by atoms with E-state index in [0.29, 0.717) is 5.41 Å².